The normalized spacial score (nSPS) is 14.6. The molecule has 1 unspecified atom stereocenters. The fourth-order valence-electron chi connectivity index (χ4n) is 3.43. The molecule has 3 rings (SSSR count). The zero-order valence-electron chi connectivity index (χ0n) is 14.8. The van der Waals surface area contributed by atoms with Crippen molar-refractivity contribution in [3.05, 3.63) is 70.8 Å². The first-order chi connectivity index (χ1) is 12.1. The maximum atomic E-state index is 12.8. The lowest BCUT2D eigenvalue weighted by Gasteiger charge is -2.15. The number of aliphatic hydroxyl groups excluding tert-OH is 1. The van der Waals surface area contributed by atoms with E-state index >= 15 is 0 Å². The highest BCUT2D eigenvalue weighted by molar-refractivity contribution is 6.21. The Morgan fingerprint density at radius 1 is 1.04 bits per heavy atom. The molecule has 1 atom stereocenters. The van der Waals surface area contributed by atoms with E-state index in [0.717, 1.165) is 46.4 Å². The quantitative estimate of drug-likeness (QED) is 0.751. The van der Waals surface area contributed by atoms with E-state index in [1.54, 1.807) is 0 Å². The van der Waals surface area contributed by atoms with Crippen LogP contribution in [-0.2, 0) is 0 Å². The Kier molecular flexibility index (Phi) is 5.34. The lowest BCUT2D eigenvalue weighted by atomic mass is 9.89. The molecule has 0 saturated heterocycles. The third kappa shape index (κ3) is 3.52. The average molecular weight is 336 g/mol. The molecular formula is C22H24O3. The lowest BCUT2D eigenvalue weighted by Crippen LogP contribution is -2.07. The third-order valence-electron chi connectivity index (χ3n) is 4.84. The van der Waals surface area contributed by atoms with Crippen LogP contribution in [0.25, 0.3) is 5.57 Å². The molecule has 130 valence electrons. The monoisotopic (exact) mass is 336 g/mol. The van der Waals surface area contributed by atoms with Gasteiger partial charge in [0.25, 0.3) is 0 Å². The summed E-state index contributed by atoms with van der Waals surface area (Å²) in [6.07, 6.45) is 1.57. The number of ether oxygens (including phenoxy) is 1. The second kappa shape index (κ2) is 7.66. The molecule has 3 heteroatoms. The molecule has 0 bridgehead atoms. The molecule has 1 N–H and O–H groups in total. The molecule has 2 aromatic carbocycles. The molecule has 0 heterocycles. The van der Waals surface area contributed by atoms with Gasteiger partial charge in [0.05, 0.1) is 6.61 Å². The van der Waals surface area contributed by atoms with Crippen molar-refractivity contribution in [2.75, 3.05) is 13.2 Å². The van der Waals surface area contributed by atoms with Crippen molar-refractivity contribution in [2.45, 2.75) is 32.6 Å². The van der Waals surface area contributed by atoms with Crippen LogP contribution in [0.15, 0.2) is 54.1 Å². The van der Waals surface area contributed by atoms with E-state index in [1.807, 2.05) is 55.5 Å². The molecule has 2 aromatic rings. The van der Waals surface area contributed by atoms with E-state index in [9.17, 15) is 4.79 Å². The van der Waals surface area contributed by atoms with Gasteiger partial charge in [0.15, 0.2) is 5.78 Å². The van der Waals surface area contributed by atoms with Crippen molar-refractivity contribution >= 4 is 11.4 Å². The van der Waals surface area contributed by atoms with Gasteiger partial charge in [-0.3, -0.25) is 4.79 Å². The highest BCUT2D eigenvalue weighted by Gasteiger charge is 2.30. The maximum Gasteiger partial charge on any atom is 0.190 e. The standard InChI is InChI=1S/C22H24O3/c1-15(17-8-7-9-18(14-17)25-13-6-5-12-23)21-16(2)19-10-3-4-11-20(19)22(21)24/h3-4,7-11,14-15,23H,5-6,12-13H2,1-2H3. The Balaban J connectivity index is 1.81. The molecule has 0 aromatic heterocycles. The summed E-state index contributed by atoms with van der Waals surface area (Å²) in [6.45, 7) is 4.89. The fourth-order valence-corrected chi connectivity index (χ4v) is 3.43. The summed E-state index contributed by atoms with van der Waals surface area (Å²) in [4.78, 5) is 12.8. The van der Waals surface area contributed by atoms with Crippen LogP contribution in [0.1, 0.15) is 54.1 Å². The second-order valence-corrected chi connectivity index (χ2v) is 6.49. The van der Waals surface area contributed by atoms with Gasteiger partial charge in [-0.2, -0.15) is 0 Å². The minimum absolute atomic E-state index is 0.0147. The molecule has 0 saturated carbocycles. The summed E-state index contributed by atoms with van der Waals surface area (Å²) in [5.74, 6) is 0.958. The largest absolute Gasteiger partial charge is 0.494 e. The SMILES string of the molecule is CC1=C(C(C)c2cccc(OCCCCO)c2)C(=O)c2ccccc21. The zero-order chi connectivity index (χ0) is 17.8. The highest BCUT2D eigenvalue weighted by Crippen LogP contribution is 2.40. The van der Waals surface area contributed by atoms with Crippen molar-refractivity contribution < 1.29 is 14.6 Å². The number of carbonyl (C=O) groups is 1. The van der Waals surface area contributed by atoms with Crippen LogP contribution in [0.2, 0.25) is 0 Å². The first-order valence-corrected chi connectivity index (χ1v) is 8.82. The Morgan fingerprint density at radius 3 is 2.52 bits per heavy atom. The number of Topliss-reactive ketones (excluding diaryl/α,β-unsaturated/α-hetero) is 1. The number of aliphatic hydroxyl groups is 1. The van der Waals surface area contributed by atoms with Crippen LogP contribution >= 0.6 is 0 Å². The summed E-state index contributed by atoms with van der Waals surface area (Å²) in [5, 5.41) is 8.83. The van der Waals surface area contributed by atoms with Crippen LogP contribution in [0.5, 0.6) is 5.75 Å². The predicted octanol–water partition coefficient (Wildman–Crippen LogP) is 4.61. The topological polar surface area (TPSA) is 46.5 Å². The van der Waals surface area contributed by atoms with E-state index < -0.39 is 0 Å². The van der Waals surface area contributed by atoms with Gasteiger partial charge in [0.1, 0.15) is 5.75 Å². The number of fused-ring (bicyclic) bond motifs is 1. The minimum Gasteiger partial charge on any atom is -0.494 e. The van der Waals surface area contributed by atoms with E-state index in [0.29, 0.717) is 6.61 Å². The molecule has 0 radical (unpaired) electrons. The van der Waals surface area contributed by atoms with Crippen molar-refractivity contribution in [3.8, 4) is 5.75 Å². The Morgan fingerprint density at radius 2 is 1.80 bits per heavy atom. The molecular weight excluding hydrogens is 312 g/mol. The van der Waals surface area contributed by atoms with Gasteiger partial charge in [-0.15, -0.1) is 0 Å². The number of allylic oxidation sites excluding steroid dienone is 2. The van der Waals surface area contributed by atoms with Gasteiger partial charge in [0.2, 0.25) is 0 Å². The van der Waals surface area contributed by atoms with Gasteiger partial charge in [-0.25, -0.2) is 0 Å². The smallest absolute Gasteiger partial charge is 0.190 e. The van der Waals surface area contributed by atoms with Gasteiger partial charge < -0.3 is 9.84 Å². The summed E-state index contributed by atoms with van der Waals surface area (Å²) in [7, 11) is 0. The van der Waals surface area contributed by atoms with Crippen LogP contribution < -0.4 is 4.74 Å². The zero-order valence-corrected chi connectivity index (χ0v) is 14.8. The molecule has 25 heavy (non-hydrogen) atoms. The van der Waals surface area contributed by atoms with Crippen molar-refractivity contribution in [3.63, 3.8) is 0 Å². The third-order valence-corrected chi connectivity index (χ3v) is 4.84. The molecule has 0 fully saturated rings. The van der Waals surface area contributed by atoms with Crippen molar-refractivity contribution in [2.24, 2.45) is 0 Å². The number of hydrogen-bond acceptors (Lipinski definition) is 3. The van der Waals surface area contributed by atoms with E-state index in [-0.39, 0.29) is 18.3 Å². The Hall–Kier alpha value is -2.39. The molecule has 1 aliphatic rings. The van der Waals surface area contributed by atoms with Crippen LogP contribution in [0, 0.1) is 0 Å². The second-order valence-electron chi connectivity index (χ2n) is 6.49. The first-order valence-electron chi connectivity index (χ1n) is 8.82. The summed E-state index contributed by atoms with van der Waals surface area (Å²) in [6, 6.07) is 15.8. The highest BCUT2D eigenvalue weighted by atomic mass is 16.5. The van der Waals surface area contributed by atoms with Crippen molar-refractivity contribution in [1.82, 2.24) is 0 Å². The van der Waals surface area contributed by atoms with Gasteiger partial charge in [-0.1, -0.05) is 43.3 Å². The minimum atomic E-state index is 0.0147. The average Bonchev–Trinajstić information content (AvgIpc) is 2.90. The fraction of sp³-hybridized carbons (Fsp3) is 0.318. The molecule has 1 aliphatic carbocycles. The van der Waals surface area contributed by atoms with Crippen molar-refractivity contribution in [1.29, 1.82) is 0 Å². The number of rotatable bonds is 7. The number of unbranched alkanes of at least 4 members (excludes halogenated alkanes) is 1. The van der Waals surface area contributed by atoms with Gasteiger partial charge in [-0.05, 0) is 48.6 Å². The number of ketones is 1. The van der Waals surface area contributed by atoms with Crippen LogP contribution in [0.3, 0.4) is 0 Å². The summed E-state index contributed by atoms with van der Waals surface area (Å²) in [5.41, 5.74) is 4.88. The summed E-state index contributed by atoms with van der Waals surface area (Å²) < 4.78 is 5.76. The van der Waals surface area contributed by atoms with Crippen LogP contribution in [0.4, 0.5) is 0 Å². The van der Waals surface area contributed by atoms with Gasteiger partial charge >= 0.3 is 0 Å². The van der Waals surface area contributed by atoms with Crippen LogP contribution in [-0.4, -0.2) is 24.1 Å². The Labute approximate surface area is 149 Å². The van der Waals surface area contributed by atoms with E-state index in [1.165, 1.54) is 0 Å². The maximum absolute atomic E-state index is 12.8. The molecule has 0 amide bonds. The lowest BCUT2D eigenvalue weighted by molar-refractivity contribution is 0.103. The van der Waals surface area contributed by atoms with Gasteiger partial charge in [0, 0.05) is 23.7 Å². The number of carbonyl (C=O) groups excluding carboxylic acids is 1. The molecule has 3 nitrogen and oxygen atoms in total. The number of benzene rings is 2. The molecule has 0 spiro atoms. The Bertz CT molecular complexity index is 804. The number of hydrogen-bond donors (Lipinski definition) is 1. The summed E-state index contributed by atoms with van der Waals surface area (Å²) >= 11 is 0. The van der Waals surface area contributed by atoms with E-state index in [2.05, 4.69) is 6.92 Å². The van der Waals surface area contributed by atoms with E-state index in [4.69, 9.17) is 9.84 Å². The predicted molar refractivity (Wildman–Crippen MR) is 100 cm³/mol. The first kappa shape index (κ1) is 17.4. The molecule has 0 aliphatic heterocycles.